The van der Waals surface area contributed by atoms with E-state index in [0.717, 1.165) is 38.0 Å². The second-order valence-electron chi connectivity index (χ2n) is 6.31. The Morgan fingerprint density at radius 3 is 2.80 bits per heavy atom. The number of allylic oxidation sites excluding steroid dienone is 2. The zero-order valence-corrected chi connectivity index (χ0v) is 14.4. The molecule has 2 N–H and O–H groups in total. The van der Waals surface area contributed by atoms with Crippen LogP contribution in [0.3, 0.4) is 0 Å². The molecular formula is C20H24N4O. The molecular weight excluding hydrogens is 312 g/mol. The van der Waals surface area contributed by atoms with Crippen LogP contribution in [0.15, 0.2) is 66.0 Å². The average molecular weight is 336 g/mol. The highest BCUT2D eigenvalue weighted by Gasteiger charge is 2.20. The summed E-state index contributed by atoms with van der Waals surface area (Å²) in [4.78, 5) is 21.9. The molecule has 3 rings (SSSR count). The minimum Gasteiger partial charge on any atom is -0.353 e. The van der Waals surface area contributed by atoms with Crippen molar-refractivity contribution in [3.63, 3.8) is 0 Å². The number of nitrogens with zero attached hydrogens (tertiary/aromatic N) is 2. The van der Waals surface area contributed by atoms with Crippen molar-refractivity contribution in [3.8, 4) is 0 Å². The average Bonchev–Trinajstić information content (AvgIpc) is 2.63. The summed E-state index contributed by atoms with van der Waals surface area (Å²) in [5, 5.41) is 4.00. The molecule has 130 valence electrons. The topological polar surface area (TPSA) is 61.0 Å². The smallest absolute Gasteiger partial charge is 0.260 e. The molecule has 0 saturated carbocycles. The molecule has 2 aromatic rings. The fourth-order valence-electron chi connectivity index (χ4n) is 3.18. The van der Waals surface area contributed by atoms with Gasteiger partial charge in [0.05, 0.1) is 10.9 Å². The Bertz CT molecular complexity index is 844. The van der Waals surface area contributed by atoms with Gasteiger partial charge in [-0.05, 0) is 30.5 Å². The fraction of sp³-hybridized carbons (Fsp3) is 0.300. The molecule has 0 unspecified atom stereocenters. The van der Waals surface area contributed by atoms with Gasteiger partial charge in [0.25, 0.3) is 5.56 Å². The van der Waals surface area contributed by atoms with E-state index in [4.69, 9.17) is 0 Å². The van der Waals surface area contributed by atoms with Crippen molar-refractivity contribution in [2.75, 3.05) is 25.0 Å². The van der Waals surface area contributed by atoms with Gasteiger partial charge in [0.15, 0.2) is 0 Å². The molecule has 5 heteroatoms. The lowest BCUT2D eigenvalue weighted by Crippen LogP contribution is -2.40. The van der Waals surface area contributed by atoms with Crippen LogP contribution >= 0.6 is 0 Å². The van der Waals surface area contributed by atoms with E-state index in [1.807, 2.05) is 30.4 Å². The number of nitrogens with one attached hydrogen (secondary N) is 2. The molecule has 1 aromatic carbocycles. The summed E-state index contributed by atoms with van der Waals surface area (Å²) < 4.78 is 0. The number of anilines is 1. The number of hydrogen-bond acceptors (Lipinski definition) is 4. The number of para-hydroxylation sites is 1. The highest BCUT2D eigenvalue weighted by Crippen LogP contribution is 2.16. The number of piperidine rings is 1. The number of likely N-dealkylation sites (tertiary alicyclic amines) is 1. The molecule has 0 amide bonds. The van der Waals surface area contributed by atoms with Crippen molar-refractivity contribution < 1.29 is 0 Å². The van der Waals surface area contributed by atoms with Gasteiger partial charge in [0.2, 0.25) is 5.95 Å². The molecule has 25 heavy (non-hydrogen) atoms. The van der Waals surface area contributed by atoms with Gasteiger partial charge in [-0.25, -0.2) is 4.98 Å². The van der Waals surface area contributed by atoms with Crippen molar-refractivity contribution in [2.24, 2.45) is 0 Å². The van der Waals surface area contributed by atoms with E-state index >= 15 is 0 Å². The van der Waals surface area contributed by atoms with Crippen molar-refractivity contribution in [2.45, 2.75) is 18.9 Å². The van der Waals surface area contributed by atoms with Gasteiger partial charge in [0.1, 0.15) is 0 Å². The predicted molar refractivity (Wildman–Crippen MR) is 104 cm³/mol. The first kappa shape index (κ1) is 17.2. The summed E-state index contributed by atoms with van der Waals surface area (Å²) >= 11 is 0. The molecule has 1 saturated heterocycles. The van der Waals surface area contributed by atoms with E-state index in [2.05, 4.69) is 33.3 Å². The second-order valence-corrected chi connectivity index (χ2v) is 6.31. The van der Waals surface area contributed by atoms with Crippen LogP contribution in [-0.4, -0.2) is 40.5 Å². The standard InChI is InChI=1S/C20H24N4O/c1-3-7-15(4-2)14-24-12-10-16(11-13-24)21-20-22-18-9-6-5-8-17(18)19(25)23-20/h3-9,16H,1-2,10-14H2,(H2,21,22,23,25)/b15-7+. The van der Waals surface area contributed by atoms with Crippen LogP contribution in [0, 0.1) is 0 Å². The van der Waals surface area contributed by atoms with E-state index in [1.54, 1.807) is 12.1 Å². The maximum absolute atomic E-state index is 12.1. The van der Waals surface area contributed by atoms with Crippen LogP contribution < -0.4 is 10.9 Å². The van der Waals surface area contributed by atoms with E-state index in [1.165, 1.54) is 5.57 Å². The summed E-state index contributed by atoms with van der Waals surface area (Å²) in [7, 11) is 0. The van der Waals surface area contributed by atoms with Gasteiger partial charge in [-0.15, -0.1) is 0 Å². The largest absolute Gasteiger partial charge is 0.353 e. The van der Waals surface area contributed by atoms with Gasteiger partial charge in [-0.3, -0.25) is 14.7 Å². The monoisotopic (exact) mass is 336 g/mol. The first-order valence-corrected chi connectivity index (χ1v) is 8.61. The van der Waals surface area contributed by atoms with Crippen LogP contribution in [0.1, 0.15) is 12.8 Å². The van der Waals surface area contributed by atoms with E-state index in [0.29, 0.717) is 17.4 Å². The number of benzene rings is 1. The van der Waals surface area contributed by atoms with Crippen molar-refractivity contribution >= 4 is 16.9 Å². The Morgan fingerprint density at radius 2 is 2.08 bits per heavy atom. The van der Waals surface area contributed by atoms with Gasteiger partial charge in [0, 0.05) is 25.7 Å². The molecule has 0 radical (unpaired) electrons. The molecule has 1 aliphatic heterocycles. The quantitative estimate of drug-likeness (QED) is 0.796. The third-order valence-electron chi connectivity index (χ3n) is 4.54. The highest BCUT2D eigenvalue weighted by atomic mass is 16.1. The second kappa shape index (κ2) is 7.94. The Labute approximate surface area is 147 Å². The first-order chi connectivity index (χ1) is 12.2. The summed E-state index contributed by atoms with van der Waals surface area (Å²) in [6, 6.07) is 7.71. The molecule has 1 aliphatic rings. The number of fused-ring (bicyclic) bond motifs is 1. The Morgan fingerprint density at radius 1 is 1.32 bits per heavy atom. The summed E-state index contributed by atoms with van der Waals surface area (Å²) in [6.07, 6.45) is 7.70. The van der Waals surface area contributed by atoms with E-state index in [-0.39, 0.29) is 5.56 Å². The molecule has 5 nitrogen and oxygen atoms in total. The van der Waals surface area contributed by atoms with Gasteiger partial charge < -0.3 is 5.32 Å². The lowest BCUT2D eigenvalue weighted by atomic mass is 10.0. The molecule has 0 spiro atoms. The minimum atomic E-state index is -0.101. The van der Waals surface area contributed by atoms with Crippen LogP contribution in [-0.2, 0) is 0 Å². The minimum absolute atomic E-state index is 0.101. The van der Waals surface area contributed by atoms with Gasteiger partial charge in [-0.1, -0.05) is 43.5 Å². The lowest BCUT2D eigenvalue weighted by molar-refractivity contribution is 0.236. The zero-order chi connectivity index (χ0) is 17.6. The SMILES string of the molecule is C=C/C=C(\C=C)CN1CCC(Nc2nc3ccccc3c(=O)[nH]2)CC1. The van der Waals surface area contributed by atoms with Gasteiger partial charge >= 0.3 is 0 Å². The van der Waals surface area contributed by atoms with E-state index in [9.17, 15) is 4.79 Å². The van der Waals surface area contributed by atoms with Crippen LogP contribution in [0.4, 0.5) is 5.95 Å². The zero-order valence-electron chi connectivity index (χ0n) is 14.4. The number of rotatable bonds is 6. The molecule has 1 aromatic heterocycles. The predicted octanol–water partition coefficient (Wildman–Crippen LogP) is 3.10. The number of H-pyrrole nitrogens is 1. The van der Waals surface area contributed by atoms with Crippen LogP contribution in [0.5, 0.6) is 0 Å². The van der Waals surface area contributed by atoms with Gasteiger partial charge in [-0.2, -0.15) is 0 Å². The molecule has 2 heterocycles. The number of aromatic nitrogens is 2. The maximum Gasteiger partial charge on any atom is 0.260 e. The summed E-state index contributed by atoms with van der Waals surface area (Å²) in [5.41, 5.74) is 1.80. The Kier molecular flexibility index (Phi) is 5.46. The third-order valence-corrected chi connectivity index (χ3v) is 4.54. The summed E-state index contributed by atoms with van der Waals surface area (Å²) in [6.45, 7) is 10.5. The normalized spacial score (nSPS) is 16.7. The van der Waals surface area contributed by atoms with Crippen molar-refractivity contribution in [1.29, 1.82) is 0 Å². The van der Waals surface area contributed by atoms with Crippen LogP contribution in [0.2, 0.25) is 0 Å². The Hall–Kier alpha value is -2.66. The van der Waals surface area contributed by atoms with E-state index < -0.39 is 0 Å². The molecule has 1 fully saturated rings. The van der Waals surface area contributed by atoms with Crippen molar-refractivity contribution in [3.05, 3.63) is 71.6 Å². The third kappa shape index (κ3) is 4.25. The fourth-order valence-corrected chi connectivity index (χ4v) is 3.18. The number of hydrogen-bond donors (Lipinski definition) is 2. The first-order valence-electron chi connectivity index (χ1n) is 8.61. The maximum atomic E-state index is 12.1. The molecule has 0 bridgehead atoms. The van der Waals surface area contributed by atoms with Crippen LogP contribution in [0.25, 0.3) is 10.9 Å². The Balaban J connectivity index is 1.61. The van der Waals surface area contributed by atoms with Crippen molar-refractivity contribution in [1.82, 2.24) is 14.9 Å². The molecule has 0 aliphatic carbocycles. The number of aromatic amines is 1. The molecule has 0 atom stereocenters. The summed E-state index contributed by atoms with van der Waals surface area (Å²) in [5.74, 6) is 0.556. The highest BCUT2D eigenvalue weighted by molar-refractivity contribution is 5.78. The lowest BCUT2D eigenvalue weighted by Gasteiger charge is -2.32.